The third-order valence-corrected chi connectivity index (χ3v) is 25.4. The van der Waals surface area contributed by atoms with Crippen LogP contribution in [0.5, 0.6) is 23.0 Å². The molecule has 5 heterocycles. The lowest BCUT2D eigenvalue weighted by Crippen LogP contribution is -2.51. The fourth-order valence-electron chi connectivity index (χ4n) is 14.7. The van der Waals surface area contributed by atoms with Gasteiger partial charge in [-0.15, -0.1) is 10.2 Å². The number of H-pyrrole nitrogens is 2. The number of carbonyl (C=O) groups is 2. The van der Waals surface area contributed by atoms with E-state index in [4.69, 9.17) is 79.1 Å². The van der Waals surface area contributed by atoms with Crippen molar-refractivity contribution in [3.63, 3.8) is 0 Å². The second-order valence-corrected chi connectivity index (χ2v) is 35.7. The smallest absolute Gasteiger partial charge is 0.307 e. The van der Waals surface area contributed by atoms with Gasteiger partial charge in [-0.2, -0.15) is 16.8 Å². The SMILES string of the molecule is CC(=O)N1c2ccc(O)cc2OC2C=C(O)C=CC21.CCn1/c(=N/N=c2\sc3cc(S(=O)(=O)O)ccc3n2CC)sc2cc(S(=O)(=O)O)ccc21.CCn1c2ccccc2c2cc(N)ccc21.COc1cc(CC(=O)O)ccc1O.Cc1cc(-c2cc(C)c(N)c(C)c2)cc(C)c1N.Nc1ccc(-c2ccc(N)c(N)c2)cc1N.Nc1cccc2c(=O)[nH][nH]c(=O)c12.Nc1ccccc1N.[2H]P=O.[3H][B]C. The van der Waals surface area contributed by atoms with E-state index in [1.165, 1.54) is 126 Å². The van der Waals surface area contributed by atoms with Gasteiger partial charge in [0.2, 0.25) is 15.5 Å². The molecule has 18 rings (SSSR count). The van der Waals surface area contributed by atoms with E-state index in [9.17, 15) is 60.4 Å². The van der Waals surface area contributed by atoms with Gasteiger partial charge in [-0.1, -0.05) is 90.2 Å². The van der Waals surface area contributed by atoms with Crippen molar-refractivity contribution < 1.29 is 70.0 Å². The number of phenolic OH excluding ortho intramolecular Hbond substituents is 2. The first-order valence-corrected chi connectivity index (χ1v) is 47.3. The monoisotopic (exact) mass is 1980 g/mol. The number of aryl methyl sites for hydroxylation is 7. The lowest BCUT2D eigenvalue weighted by molar-refractivity contribution is -0.136. The lowest BCUT2D eigenvalue weighted by Gasteiger charge is -2.40. The molecule has 725 valence electrons. The molecule has 0 fully saturated rings. The highest BCUT2D eigenvalue weighted by atomic mass is 32.2. The van der Waals surface area contributed by atoms with Gasteiger partial charge in [0.15, 0.2) is 11.5 Å². The summed E-state index contributed by atoms with van der Waals surface area (Å²) in [4.78, 5) is 47.0. The molecular weight excluding hydrogens is 1870 g/mol. The van der Waals surface area contributed by atoms with Gasteiger partial charge >= 0.3 is 5.97 Å². The molecule has 28 N–H and O–H groups in total. The van der Waals surface area contributed by atoms with Crippen LogP contribution < -0.4 is 92.4 Å². The van der Waals surface area contributed by atoms with E-state index in [1.54, 1.807) is 96.7 Å². The summed E-state index contributed by atoms with van der Waals surface area (Å²) in [5, 5.41) is 53.0. The number of aromatic amines is 2. The zero-order chi connectivity index (χ0) is 104. The number of methoxy groups -OCH3 is 1. The summed E-state index contributed by atoms with van der Waals surface area (Å²) in [6.45, 7) is 19.4. The number of aliphatic carboxylic acids is 1. The summed E-state index contributed by atoms with van der Waals surface area (Å²) in [6.07, 6.45) is 4.30. The number of allylic oxidation sites excluding steroid dienone is 1. The van der Waals surface area contributed by atoms with Crippen LogP contribution >= 0.6 is 31.7 Å². The zero-order valence-corrected chi connectivity index (χ0v) is 81.4. The number of amides is 1. The minimum atomic E-state index is -4.32. The predicted octanol–water partition coefficient (Wildman–Crippen LogP) is 15.5. The number of nitrogens with one attached hydrogen (secondary N) is 2. The Balaban J connectivity index is 0.000000183. The number of aliphatic hydroxyl groups is 1. The maximum absolute atomic E-state index is 11.9. The van der Waals surface area contributed by atoms with Crippen LogP contribution in [0.3, 0.4) is 0 Å². The number of fused-ring (bicyclic) bond motifs is 8. The second kappa shape index (κ2) is 47.6. The van der Waals surface area contributed by atoms with Crippen molar-refractivity contribution in [2.24, 2.45) is 10.2 Å². The summed E-state index contributed by atoms with van der Waals surface area (Å²) in [7, 11) is -6.55. The number of nitrogens with two attached hydrogens (primary N) is 10. The molecule has 1 aliphatic carbocycles. The molecule has 12 aromatic carbocycles. The molecule has 1 aliphatic heterocycles. The highest BCUT2D eigenvalue weighted by Gasteiger charge is 2.37. The van der Waals surface area contributed by atoms with Gasteiger partial charge < -0.3 is 101 Å². The number of anilines is 11. The molecular formula is C98H109BN18O17PS4. The molecule has 16 aromatic rings. The quantitative estimate of drug-likeness (QED) is 0.0188. The van der Waals surface area contributed by atoms with Crippen molar-refractivity contribution in [3.8, 4) is 45.3 Å². The Morgan fingerprint density at radius 3 is 1.47 bits per heavy atom. The number of aromatic hydroxyl groups is 2. The van der Waals surface area contributed by atoms with Crippen molar-refractivity contribution in [1.29, 1.82) is 2.61 Å². The van der Waals surface area contributed by atoms with Crippen molar-refractivity contribution in [2.75, 3.05) is 69.3 Å². The van der Waals surface area contributed by atoms with E-state index in [1.807, 2.05) is 93.1 Å². The molecule has 35 nitrogen and oxygen atoms in total. The largest absolute Gasteiger partial charge is 0.508 e. The Bertz CT molecular complexity index is 7610. The normalized spacial score (nSPS) is 13.1. The molecule has 0 saturated carbocycles. The summed E-state index contributed by atoms with van der Waals surface area (Å²) >= 11 is 2.47. The number of nitrogens with zero attached hydrogens (tertiary/aromatic N) is 6. The van der Waals surface area contributed by atoms with Gasteiger partial charge in [-0.05, 0) is 264 Å². The highest BCUT2D eigenvalue weighted by molar-refractivity contribution is 7.86. The number of carboxylic acid groups (broad SMARTS) is 1. The zero-order valence-electron chi connectivity index (χ0n) is 79.3. The molecule has 1 amide bonds. The van der Waals surface area contributed by atoms with E-state index >= 15 is 0 Å². The number of carboxylic acids is 1. The Hall–Kier alpha value is -15.8. The number of phenols is 2. The summed E-state index contributed by atoms with van der Waals surface area (Å²) in [5.41, 5.74) is 76.8. The maximum atomic E-state index is 11.9. The molecule has 2 atom stereocenters. The molecule has 2 unspecified atom stereocenters. The first-order chi connectivity index (χ1) is 66.8. The number of hydrogen-bond donors (Lipinski definition) is 18. The van der Waals surface area contributed by atoms with Crippen LogP contribution in [0.1, 0.15) is 55.5 Å². The van der Waals surface area contributed by atoms with Gasteiger partial charge in [0, 0.05) is 83.3 Å². The van der Waals surface area contributed by atoms with Crippen molar-refractivity contribution in [2.45, 2.75) is 110 Å². The number of aliphatic hydroxyl groups excluding tert-OH is 1. The Kier molecular flexibility index (Phi) is 35.5. The fraction of sp³-hybridized carbons (Fsp3) is 0.163. The average Bonchev–Trinajstić information content (AvgIpc) is 1.48. The molecule has 0 bridgehead atoms. The number of nitrogen functional groups attached to an aromatic ring is 10. The summed E-state index contributed by atoms with van der Waals surface area (Å²) < 4.78 is 103. The number of carbonyl (C=O) groups excluding carboxylic acids is 1. The second-order valence-electron chi connectivity index (χ2n) is 30.9. The van der Waals surface area contributed by atoms with Crippen LogP contribution in [0.4, 0.5) is 62.6 Å². The highest BCUT2D eigenvalue weighted by Crippen LogP contribution is 2.42. The van der Waals surface area contributed by atoms with E-state index in [2.05, 4.69) is 92.6 Å². The number of aromatic nitrogens is 5. The van der Waals surface area contributed by atoms with Gasteiger partial charge in [0.05, 0.1) is 108 Å². The van der Waals surface area contributed by atoms with Crippen molar-refractivity contribution in [1.82, 2.24) is 23.9 Å². The molecule has 0 spiro atoms. The molecule has 1 radical (unpaired) electrons. The van der Waals surface area contributed by atoms with Crippen LogP contribution in [0.25, 0.3) is 75.3 Å². The standard InChI is InChI=1S/C18H18N4O6S4.C16H20N2.C14H14N2.C14H13NO4.C12H14N4.C9H10O4.C8H7N3O2.C6H8N2.CH4B.HOP/c1-3-21-13-7-5-11(31(23,24)25)9-15(13)29-17(21)19-20-18-22(4-2)14-8-6-12(32(26,27)28)10-16(14)30-18;1-9-5-13(6-10(2)15(9)17)14-7-11(3)16(18)12(4)8-14;1-2-16-13-6-4-3-5-11(13)12-9-10(15)7-8-14(12)16;1-8(16)15-11-4-2-9(17)6-13(11)19-14-7-10(18)3-5-12(14)15;13-9-3-1-7(5-11(9)15)8-2-4-10(14)12(16)6-8;1-13-8-4-6(5-9(11)12)2-3-7(8)10;9-5-3-1-2-4-6(5)8(13)11-10-7(4)12;7-5-3-1-2-4-6(5)8;2*1-2/h5-10H,3-4H2,1-2H3,(H,23,24,25)(H,26,27,28);5-8H,17-18H2,1-4H3;3-9H,2,15H2,1H3;2-7,11,13,17-18H,1H3;1-6H,13-16H2;2-4,10H,5H2,1H3,(H,11,12);1-3H,9H2,(H,10,12)(H,11,13);1-4H,7-8H2;2H,1H3;2H/b19-17-,20-18-;;;;;;;;;/i;;;;;;;;2T;2D. The first kappa shape index (κ1) is 104. The number of para-hydroxylation sites is 3. The topological polar surface area (TPSA) is 628 Å². The number of ether oxygens (including phenoxy) is 2. The fourth-order valence-corrected chi connectivity index (χ4v) is 18.0. The molecule has 139 heavy (non-hydrogen) atoms. The summed E-state index contributed by atoms with van der Waals surface area (Å²) in [6, 6.07) is 63.6. The molecule has 41 heteroatoms. The van der Waals surface area contributed by atoms with E-state index < -0.39 is 41.4 Å². The third-order valence-electron chi connectivity index (χ3n) is 21.6. The van der Waals surface area contributed by atoms with Crippen molar-refractivity contribution >= 4 is 187 Å². The summed E-state index contributed by atoms with van der Waals surface area (Å²) in [5.74, 6) is -0.128. The minimum Gasteiger partial charge on any atom is -0.508 e. The molecule has 4 aromatic heterocycles. The van der Waals surface area contributed by atoms with E-state index in [-0.39, 0.29) is 61.9 Å². The Morgan fingerprint density at radius 1 is 0.547 bits per heavy atom. The van der Waals surface area contributed by atoms with Crippen LogP contribution in [-0.4, -0.2) is 112 Å². The van der Waals surface area contributed by atoms with E-state index in [0.29, 0.717) is 100 Å². The predicted molar refractivity (Wildman–Crippen MR) is 563 cm³/mol. The van der Waals surface area contributed by atoms with Crippen LogP contribution in [0.2, 0.25) is 6.82 Å². The molecule has 2 aliphatic rings. The van der Waals surface area contributed by atoms with Crippen molar-refractivity contribution in [3.05, 3.63) is 301 Å². The number of rotatable bonds is 11. The Morgan fingerprint density at radius 2 is 1.01 bits per heavy atom. The van der Waals surface area contributed by atoms with E-state index in [0.717, 1.165) is 68.0 Å². The minimum absolute atomic E-state index is 0.0108. The number of thiazole rings is 2. The van der Waals surface area contributed by atoms with Gasteiger partial charge in [0.25, 0.3) is 31.4 Å². The van der Waals surface area contributed by atoms with Gasteiger partial charge in [-0.25, -0.2) is 0 Å². The Labute approximate surface area is 814 Å². The number of benzene rings is 12. The van der Waals surface area contributed by atoms with Gasteiger partial charge in [-0.3, -0.25) is 47.9 Å². The average molecular weight is 1980 g/mol. The van der Waals surface area contributed by atoms with Crippen LogP contribution in [0, 0.1) is 27.7 Å². The lowest BCUT2D eigenvalue weighted by atomic mass is 9.95. The number of hydrogen-bond acceptors (Lipinski definition) is 28. The maximum Gasteiger partial charge on any atom is 0.307 e. The van der Waals surface area contributed by atoms with Gasteiger partial charge in [0.1, 0.15) is 33.7 Å². The van der Waals surface area contributed by atoms with Crippen LogP contribution in [-0.2, 0) is 60.4 Å². The molecule has 0 saturated heterocycles. The first-order valence-electron chi connectivity index (χ1n) is 43.4. The van der Waals surface area contributed by atoms with Crippen LogP contribution in [0.15, 0.2) is 272 Å². The third kappa shape index (κ3) is 26.5.